The predicted molar refractivity (Wildman–Crippen MR) is 82.7 cm³/mol. The molecule has 1 saturated carbocycles. The highest BCUT2D eigenvalue weighted by molar-refractivity contribution is 5.88. The van der Waals surface area contributed by atoms with Gasteiger partial charge in [-0.15, -0.1) is 0 Å². The van der Waals surface area contributed by atoms with Crippen LogP contribution < -0.4 is 15.4 Å². The molecule has 0 unspecified atom stereocenters. The molecule has 1 aromatic rings. The lowest BCUT2D eigenvalue weighted by Crippen LogP contribution is -2.45. The van der Waals surface area contributed by atoms with Gasteiger partial charge in [-0.1, -0.05) is 6.07 Å². The summed E-state index contributed by atoms with van der Waals surface area (Å²) in [5.41, 5.74) is 6.08. The average molecular weight is 292 g/mol. The van der Waals surface area contributed by atoms with Gasteiger partial charge in [0.2, 0.25) is 0 Å². The van der Waals surface area contributed by atoms with Crippen molar-refractivity contribution in [3.8, 4) is 5.75 Å². The number of benzene rings is 1. The highest BCUT2D eigenvalue weighted by atomic mass is 16.6. The fourth-order valence-electron chi connectivity index (χ4n) is 1.99. The van der Waals surface area contributed by atoms with E-state index in [9.17, 15) is 4.79 Å². The van der Waals surface area contributed by atoms with Gasteiger partial charge in [0.15, 0.2) is 0 Å². The maximum atomic E-state index is 12.5. The molecule has 1 aromatic carbocycles. The van der Waals surface area contributed by atoms with Gasteiger partial charge in [0, 0.05) is 18.2 Å². The number of amides is 1. The zero-order chi connectivity index (χ0) is 15.7. The minimum Gasteiger partial charge on any atom is -0.497 e. The Balaban J connectivity index is 2.24. The van der Waals surface area contributed by atoms with Crippen LogP contribution in [0.1, 0.15) is 33.6 Å². The SMILES string of the molecule is COc1cccc(N(CC2(N)CC2)C(=O)OC(C)(C)C)c1. The summed E-state index contributed by atoms with van der Waals surface area (Å²) in [6, 6.07) is 7.36. The summed E-state index contributed by atoms with van der Waals surface area (Å²) in [7, 11) is 1.60. The summed E-state index contributed by atoms with van der Waals surface area (Å²) in [6.45, 7) is 6.01. The zero-order valence-corrected chi connectivity index (χ0v) is 13.2. The molecule has 0 atom stereocenters. The van der Waals surface area contributed by atoms with Crippen LogP contribution in [0.15, 0.2) is 24.3 Å². The van der Waals surface area contributed by atoms with Crippen molar-refractivity contribution >= 4 is 11.8 Å². The van der Waals surface area contributed by atoms with Crippen LogP contribution in [0.2, 0.25) is 0 Å². The Morgan fingerprint density at radius 3 is 2.57 bits per heavy atom. The van der Waals surface area contributed by atoms with Gasteiger partial charge in [-0.2, -0.15) is 0 Å². The van der Waals surface area contributed by atoms with Crippen LogP contribution in [0.25, 0.3) is 0 Å². The summed E-state index contributed by atoms with van der Waals surface area (Å²) >= 11 is 0. The normalized spacial score (nSPS) is 16.2. The fraction of sp³-hybridized carbons (Fsp3) is 0.562. The molecule has 0 aromatic heterocycles. The van der Waals surface area contributed by atoms with Gasteiger partial charge in [-0.25, -0.2) is 4.79 Å². The van der Waals surface area contributed by atoms with Gasteiger partial charge >= 0.3 is 6.09 Å². The van der Waals surface area contributed by atoms with E-state index in [1.54, 1.807) is 12.0 Å². The van der Waals surface area contributed by atoms with Crippen molar-refractivity contribution in [2.24, 2.45) is 5.73 Å². The molecule has 0 aliphatic heterocycles. The van der Waals surface area contributed by atoms with E-state index in [4.69, 9.17) is 15.2 Å². The maximum Gasteiger partial charge on any atom is 0.414 e. The quantitative estimate of drug-likeness (QED) is 0.926. The third kappa shape index (κ3) is 4.36. The topological polar surface area (TPSA) is 64.8 Å². The third-order valence-electron chi connectivity index (χ3n) is 3.34. The Kier molecular flexibility index (Phi) is 4.14. The molecule has 5 heteroatoms. The minimum absolute atomic E-state index is 0.292. The molecule has 116 valence electrons. The number of carbonyl (C=O) groups excluding carboxylic acids is 1. The van der Waals surface area contributed by atoms with E-state index >= 15 is 0 Å². The molecule has 21 heavy (non-hydrogen) atoms. The average Bonchev–Trinajstić information content (AvgIpc) is 3.12. The van der Waals surface area contributed by atoms with Crippen molar-refractivity contribution < 1.29 is 14.3 Å². The molecule has 2 N–H and O–H groups in total. The molecule has 0 bridgehead atoms. The number of nitrogens with zero attached hydrogens (tertiary/aromatic N) is 1. The van der Waals surface area contributed by atoms with Crippen LogP contribution >= 0.6 is 0 Å². The Hall–Kier alpha value is -1.75. The van der Waals surface area contributed by atoms with Crippen LogP contribution in [0.3, 0.4) is 0 Å². The van der Waals surface area contributed by atoms with E-state index in [0.29, 0.717) is 12.3 Å². The number of hydrogen-bond acceptors (Lipinski definition) is 4. The van der Waals surface area contributed by atoms with E-state index < -0.39 is 5.60 Å². The van der Waals surface area contributed by atoms with Crippen molar-refractivity contribution in [3.05, 3.63) is 24.3 Å². The summed E-state index contributed by atoms with van der Waals surface area (Å²) in [5.74, 6) is 0.697. The molecule has 1 fully saturated rings. The van der Waals surface area contributed by atoms with E-state index in [1.165, 1.54) is 0 Å². The third-order valence-corrected chi connectivity index (χ3v) is 3.34. The van der Waals surface area contributed by atoms with Gasteiger partial charge in [0.1, 0.15) is 11.4 Å². The van der Waals surface area contributed by atoms with E-state index in [2.05, 4.69) is 0 Å². The van der Waals surface area contributed by atoms with E-state index in [-0.39, 0.29) is 11.6 Å². The number of nitrogens with two attached hydrogens (primary N) is 1. The zero-order valence-electron chi connectivity index (χ0n) is 13.2. The maximum absolute atomic E-state index is 12.5. The van der Waals surface area contributed by atoms with E-state index in [0.717, 1.165) is 18.5 Å². The summed E-state index contributed by atoms with van der Waals surface area (Å²) < 4.78 is 10.7. The number of anilines is 1. The Morgan fingerprint density at radius 1 is 1.38 bits per heavy atom. The van der Waals surface area contributed by atoms with Crippen molar-refractivity contribution in [2.75, 3.05) is 18.6 Å². The number of methoxy groups -OCH3 is 1. The Morgan fingerprint density at radius 2 is 2.05 bits per heavy atom. The van der Waals surface area contributed by atoms with Crippen molar-refractivity contribution in [3.63, 3.8) is 0 Å². The molecular formula is C16H24N2O3. The lowest BCUT2D eigenvalue weighted by atomic mass is 10.2. The molecule has 0 heterocycles. The molecule has 5 nitrogen and oxygen atoms in total. The first-order valence-corrected chi connectivity index (χ1v) is 7.16. The fourth-order valence-corrected chi connectivity index (χ4v) is 1.99. The molecular weight excluding hydrogens is 268 g/mol. The molecule has 2 rings (SSSR count). The van der Waals surface area contributed by atoms with Gasteiger partial charge in [-0.05, 0) is 45.7 Å². The second-order valence-corrected chi connectivity index (χ2v) is 6.63. The van der Waals surface area contributed by atoms with Crippen molar-refractivity contribution in [1.82, 2.24) is 0 Å². The first-order valence-electron chi connectivity index (χ1n) is 7.16. The van der Waals surface area contributed by atoms with Gasteiger partial charge < -0.3 is 15.2 Å². The number of rotatable bonds is 4. The molecule has 0 radical (unpaired) electrons. The van der Waals surface area contributed by atoms with Crippen LogP contribution in [0.4, 0.5) is 10.5 Å². The number of ether oxygens (including phenoxy) is 2. The van der Waals surface area contributed by atoms with Gasteiger partial charge in [0.05, 0.1) is 12.8 Å². The molecule has 1 amide bonds. The monoisotopic (exact) mass is 292 g/mol. The predicted octanol–water partition coefficient (Wildman–Crippen LogP) is 2.93. The summed E-state index contributed by atoms with van der Waals surface area (Å²) in [4.78, 5) is 14.1. The highest BCUT2D eigenvalue weighted by Gasteiger charge is 2.42. The first-order chi connectivity index (χ1) is 9.72. The lowest BCUT2D eigenvalue weighted by molar-refractivity contribution is 0.0577. The Bertz CT molecular complexity index is 518. The second kappa shape index (κ2) is 5.56. The van der Waals surface area contributed by atoms with Gasteiger partial charge in [0.25, 0.3) is 0 Å². The molecule has 1 aliphatic carbocycles. The summed E-state index contributed by atoms with van der Waals surface area (Å²) in [5, 5.41) is 0. The van der Waals surface area contributed by atoms with Crippen LogP contribution in [-0.2, 0) is 4.74 Å². The van der Waals surface area contributed by atoms with E-state index in [1.807, 2.05) is 45.0 Å². The molecule has 1 aliphatic rings. The molecule has 0 spiro atoms. The second-order valence-electron chi connectivity index (χ2n) is 6.63. The van der Waals surface area contributed by atoms with Crippen molar-refractivity contribution in [2.45, 2.75) is 44.8 Å². The minimum atomic E-state index is -0.542. The van der Waals surface area contributed by atoms with Crippen LogP contribution in [-0.4, -0.2) is 30.9 Å². The standard InChI is InChI=1S/C16H24N2O3/c1-15(2,3)21-14(19)18(11-16(17)8-9-16)12-6-5-7-13(10-12)20-4/h5-7,10H,8-9,11,17H2,1-4H3. The van der Waals surface area contributed by atoms with Crippen LogP contribution in [0, 0.1) is 0 Å². The van der Waals surface area contributed by atoms with Crippen LogP contribution in [0.5, 0.6) is 5.75 Å². The smallest absolute Gasteiger partial charge is 0.414 e. The lowest BCUT2D eigenvalue weighted by Gasteiger charge is -2.29. The highest BCUT2D eigenvalue weighted by Crippen LogP contribution is 2.35. The summed E-state index contributed by atoms with van der Waals surface area (Å²) in [6.07, 6.45) is 1.47. The van der Waals surface area contributed by atoms with Gasteiger partial charge in [-0.3, -0.25) is 4.90 Å². The first kappa shape index (κ1) is 15.6. The van der Waals surface area contributed by atoms with Crippen molar-refractivity contribution in [1.29, 1.82) is 0 Å². The molecule has 0 saturated heterocycles. The largest absolute Gasteiger partial charge is 0.497 e. The number of hydrogen-bond donors (Lipinski definition) is 1. The Labute approximate surface area is 126 Å². The number of carbonyl (C=O) groups is 1.